The van der Waals surface area contributed by atoms with E-state index < -0.39 is 101 Å². The predicted octanol–water partition coefficient (Wildman–Crippen LogP) is 1.38. The third-order valence-corrected chi connectivity index (χ3v) is 9.07. The molecule has 0 unspecified atom stereocenters. The molecule has 39 heavy (non-hydrogen) atoms. The van der Waals surface area contributed by atoms with Gasteiger partial charge < -0.3 is 16.8 Å². The molecule has 0 fully saturated rings. The minimum Gasteiger partial charge on any atom is -0.397 e. The van der Waals surface area contributed by atoms with Gasteiger partial charge in [-0.05, 0) is 36.8 Å². The third-order valence-electron chi connectivity index (χ3n) is 6.22. The zero-order valence-corrected chi connectivity index (χ0v) is 22.3. The van der Waals surface area contributed by atoms with Gasteiger partial charge in [0, 0.05) is 40.6 Å². The lowest BCUT2D eigenvalue weighted by atomic mass is 9.78. The molecule has 0 atom stereocenters. The first-order valence-electron chi connectivity index (χ1n) is 10.5. The first-order chi connectivity index (χ1) is 17.8. The third kappa shape index (κ3) is 4.34. The molecule has 17 heteroatoms. The zero-order chi connectivity index (χ0) is 29.4. The second-order valence-electron chi connectivity index (χ2n) is 8.44. The van der Waals surface area contributed by atoms with Crippen LogP contribution >= 0.6 is 0 Å². The number of anilines is 3. The average Bonchev–Trinajstić information content (AvgIpc) is 2.79. The van der Waals surface area contributed by atoms with Crippen LogP contribution in [0.5, 0.6) is 0 Å². The summed E-state index contributed by atoms with van der Waals surface area (Å²) in [5.74, 6) is -2.24. The Morgan fingerprint density at radius 1 is 0.667 bits per heavy atom. The molecule has 0 heterocycles. The van der Waals surface area contributed by atoms with E-state index in [2.05, 4.69) is 5.32 Å². The lowest BCUT2D eigenvalue weighted by Gasteiger charge is -2.26. The van der Waals surface area contributed by atoms with E-state index in [1.165, 1.54) is 20.0 Å². The summed E-state index contributed by atoms with van der Waals surface area (Å²) >= 11 is 0. The fourth-order valence-electron chi connectivity index (χ4n) is 4.62. The van der Waals surface area contributed by atoms with Crippen LogP contribution in [0, 0.1) is 6.92 Å². The van der Waals surface area contributed by atoms with Crippen molar-refractivity contribution in [3.8, 4) is 11.1 Å². The number of hydrogen-bond donors (Lipinski definition) is 6. The van der Waals surface area contributed by atoms with Gasteiger partial charge >= 0.3 is 0 Å². The molecule has 0 saturated carbocycles. The lowest BCUT2D eigenvalue weighted by molar-refractivity contribution is 0.0979. The van der Waals surface area contributed by atoms with Crippen molar-refractivity contribution < 1.29 is 48.5 Å². The normalized spacial score (nSPS) is 13.7. The molecule has 0 radical (unpaired) electrons. The molecular weight excluding hydrogens is 578 g/mol. The number of nitrogens with one attached hydrogen (secondary N) is 1. The molecule has 0 bridgehead atoms. The molecule has 1 aliphatic carbocycles. The van der Waals surface area contributed by atoms with Gasteiger partial charge in [-0.25, -0.2) is 0 Å². The van der Waals surface area contributed by atoms with Gasteiger partial charge in [0.15, 0.2) is 11.6 Å². The van der Waals surface area contributed by atoms with Crippen molar-refractivity contribution in [2.45, 2.75) is 21.6 Å². The fourth-order valence-corrected chi connectivity index (χ4v) is 6.83. The standard InChI is InChI=1S/C22H19N3O11S3/c1-8-13(25-2)6-5-11(21(8)38(31,32)33)14-15-16(18(24)22(17(14)23)39(34,35)36)19(26)10-4-3-9(37(28,29)30)7-12(10)20(15)27/h3-7,25H,23-24H2,1-2H3,(H,28,29,30)(H,31,32,33)(H,34,35,36). The van der Waals surface area contributed by atoms with E-state index in [4.69, 9.17) is 11.5 Å². The van der Waals surface area contributed by atoms with Crippen LogP contribution in [-0.4, -0.2) is 57.5 Å². The molecule has 0 aliphatic heterocycles. The second kappa shape index (κ2) is 8.83. The molecule has 1 aliphatic rings. The zero-order valence-electron chi connectivity index (χ0n) is 19.9. The van der Waals surface area contributed by atoms with Crippen LogP contribution in [0.25, 0.3) is 11.1 Å². The van der Waals surface area contributed by atoms with E-state index in [-0.39, 0.29) is 11.3 Å². The minimum atomic E-state index is -5.29. The van der Waals surface area contributed by atoms with E-state index in [9.17, 15) is 48.5 Å². The number of fused-ring (bicyclic) bond motifs is 2. The van der Waals surface area contributed by atoms with Crippen molar-refractivity contribution in [2.24, 2.45) is 0 Å². The van der Waals surface area contributed by atoms with Crippen molar-refractivity contribution in [1.29, 1.82) is 0 Å². The summed E-state index contributed by atoms with van der Waals surface area (Å²) in [6, 6.07) is 4.78. The van der Waals surface area contributed by atoms with Crippen LogP contribution in [-0.2, 0) is 30.4 Å². The number of nitrogen functional groups attached to an aromatic ring is 2. The molecule has 14 nitrogen and oxygen atoms in total. The maximum Gasteiger partial charge on any atom is 0.298 e. The maximum absolute atomic E-state index is 13.8. The second-order valence-corrected chi connectivity index (χ2v) is 12.6. The van der Waals surface area contributed by atoms with Crippen molar-refractivity contribution in [2.75, 3.05) is 23.8 Å². The maximum atomic E-state index is 13.8. The number of rotatable bonds is 5. The van der Waals surface area contributed by atoms with Crippen LogP contribution in [0.2, 0.25) is 0 Å². The Balaban J connectivity index is 2.29. The van der Waals surface area contributed by atoms with Crippen LogP contribution in [0.15, 0.2) is 45.0 Å². The highest BCUT2D eigenvalue weighted by atomic mass is 32.2. The Morgan fingerprint density at radius 3 is 1.69 bits per heavy atom. The molecule has 4 rings (SSSR count). The summed E-state index contributed by atoms with van der Waals surface area (Å²) in [6.45, 7) is 1.28. The van der Waals surface area contributed by atoms with Gasteiger partial charge in [0.25, 0.3) is 30.4 Å². The van der Waals surface area contributed by atoms with Crippen LogP contribution in [0.3, 0.4) is 0 Å². The van der Waals surface area contributed by atoms with Gasteiger partial charge in [0.2, 0.25) is 0 Å². The van der Waals surface area contributed by atoms with Gasteiger partial charge in [0.1, 0.15) is 9.79 Å². The number of carbonyl (C=O) groups excluding carboxylic acids is 2. The van der Waals surface area contributed by atoms with Gasteiger partial charge in [0.05, 0.1) is 21.8 Å². The fraction of sp³-hybridized carbons (Fsp3) is 0.0909. The molecule has 206 valence electrons. The Kier molecular flexibility index (Phi) is 6.37. The summed E-state index contributed by atoms with van der Waals surface area (Å²) in [4.78, 5) is 24.5. The van der Waals surface area contributed by atoms with E-state index in [1.807, 2.05) is 0 Å². The van der Waals surface area contributed by atoms with Crippen molar-refractivity contribution in [3.05, 3.63) is 58.1 Å². The van der Waals surface area contributed by atoms with Gasteiger partial charge in [-0.2, -0.15) is 25.3 Å². The molecule has 8 N–H and O–H groups in total. The quantitative estimate of drug-likeness (QED) is 0.140. The molecule has 0 aromatic heterocycles. The smallest absolute Gasteiger partial charge is 0.298 e. The molecule has 3 aromatic rings. The number of hydrogen-bond acceptors (Lipinski definition) is 11. The van der Waals surface area contributed by atoms with Crippen molar-refractivity contribution in [1.82, 2.24) is 0 Å². The Labute approximate surface area is 221 Å². The van der Waals surface area contributed by atoms with Crippen molar-refractivity contribution in [3.63, 3.8) is 0 Å². The minimum absolute atomic E-state index is 0.0838. The number of ketones is 2. The number of carbonyl (C=O) groups is 2. The number of nitrogens with two attached hydrogens (primary N) is 2. The first kappa shape index (κ1) is 28.1. The van der Waals surface area contributed by atoms with Gasteiger partial charge in [-0.1, -0.05) is 6.07 Å². The van der Waals surface area contributed by atoms with Crippen molar-refractivity contribution >= 4 is 59.0 Å². The Bertz CT molecular complexity index is 1980. The van der Waals surface area contributed by atoms with E-state index >= 15 is 0 Å². The summed E-state index contributed by atoms with van der Waals surface area (Å²) < 4.78 is 102. The van der Waals surface area contributed by atoms with E-state index in [0.717, 1.165) is 18.2 Å². The monoisotopic (exact) mass is 597 g/mol. The van der Waals surface area contributed by atoms with Gasteiger partial charge in [-0.15, -0.1) is 0 Å². The predicted molar refractivity (Wildman–Crippen MR) is 138 cm³/mol. The molecule has 0 saturated heterocycles. The van der Waals surface area contributed by atoms with Crippen LogP contribution in [0.1, 0.15) is 37.4 Å². The SMILES string of the molecule is CNc1ccc(-c2c(N)c(S(=O)(=O)O)c(N)c3c2C(=O)c2cc(S(=O)(=O)O)ccc2C3=O)c(S(=O)(=O)O)c1C. The molecule has 3 aromatic carbocycles. The summed E-state index contributed by atoms with van der Waals surface area (Å²) in [5.41, 5.74) is 6.61. The molecular formula is C22H19N3O11S3. The highest BCUT2D eigenvalue weighted by Crippen LogP contribution is 2.48. The Hall–Kier alpha value is -3.87. The average molecular weight is 598 g/mol. The highest BCUT2D eigenvalue weighted by molar-refractivity contribution is 7.86. The Morgan fingerprint density at radius 2 is 1.18 bits per heavy atom. The van der Waals surface area contributed by atoms with Gasteiger partial charge in [-0.3, -0.25) is 23.2 Å². The summed E-state index contributed by atoms with van der Waals surface area (Å²) in [7, 11) is -13.8. The largest absolute Gasteiger partial charge is 0.397 e. The summed E-state index contributed by atoms with van der Waals surface area (Å²) in [6.07, 6.45) is 0. The summed E-state index contributed by atoms with van der Waals surface area (Å²) in [5, 5.41) is 2.69. The number of benzene rings is 3. The van der Waals surface area contributed by atoms with E-state index in [1.54, 1.807) is 0 Å². The topological polar surface area (TPSA) is 261 Å². The van der Waals surface area contributed by atoms with Crippen LogP contribution in [0.4, 0.5) is 17.1 Å². The molecule has 0 amide bonds. The van der Waals surface area contributed by atoms with E-state index in [0.29, 0.717) is 6.07 Å². The lowest BCUT2D eigenvalue weighted by Crippen LogP contribution is -2.26. The van der Waals surface area contributed by atoms with Crippen LogP contribution < -0.4 is 16.8 Å². The first-order valence-corrected chi connectivity index (χ1v) is 14.9. The highest BCUT2D eigenvalue weighted by Gasteiger charge is 2.40. The molecule has 0 spiro atoms.